The number of carbonyl (C=O) groups excluding carboxylic acids is 3. The molecule has 1 aliphatic rings. The Bertz CT molecular complexity index is 395. The monoisotopic (exact) mass is 375 g/mol. The number of carbonyl (C=O) groups is 3. The molecule has 0 amide bonds. The van der Waals surface area contributed by atoms with Crippen LogP contribution in [0.3, 0.4) is 0 Å². The van der Waals surface area contributed by atoms with Gasteiger partial charge in [-0.2, -0.15) is 0 Å². The first kappa shape index (κ1) is 21.9. The summed E-state index contributed by atoms with van der Waals surface area (Å²) in [6.07, 6.45) is 8.41. The van der Waals surface area contributed by atoms with Crippen LogP contribution in [0.5, 0.6) is 0 Å². The number of esters is 3. The maximum absolute atomic E-state index is 11.2. The third-order valence-electron chi connectivity index (χ3n) is 4.88. The lowest BCUT2D eigenvalue weighted by atomic mass is 10.0. The van der Waals surface area contributed by atoms with E-state index < -0.39 is 7.26 Å². The Morgan fingerprint density at radius 2 is 1.08 bits per heavy atom. The highest BCUT2D eigenvalue weighted by molar-refractivity contribution is 7.76. The highest BCUT2D eigenvalue weighted by atomic mass is 31.2. The van der Waals surface area contributed by atoms with E-state index in [1.807, 2.05) is 0 Å². The quantitative estimate of drug-likeness (QED) is 0.332. The van der Waals surface area contributed by atoms with Crippen LogP contribution in [-0.4, -0.2) is 61.9 Å². The molecular weight excluding hydrogens is 343 g/mol. The van der Waals surface area contributed by atoms with Gasteiger partial charge in [-0.25, -0.2) is 0 Å². The predicted octanol–water partition coefficient (Wildman–Crippen LogP) is 3.03. The first-order valence-electron chi connectivity index (χ1n) is 9.11. The Kier molecular flexibility index (Phi) is 10.0. The Hall–Kier alpha value is -1.16. The van der Waals surface area contributed by atoms with Crippen molar-refractivity contribution in [2.75, 3.05) is 38.3 Å². The van der Waals surface area contributed by atoms with Crippen LogP contribution < -0.4 is 0 Å². The zero-order chi connectivity index (χ0) is 18.7. The Morgan fingerprint density at radius 3 is 1.40 bits per heavy atom. The molecule has 0 aromatic heterocycles. The maximum atomic E-state index is 11.2. The van der Waals surface area contributed by atoms with Crippen molar-refractivity contribution in [3.8, 4) is 0 Å². The van der Waals surface area contributed by atoms with Crippen molar-refractivity contribution >= 4 is 25.2 Å². The van der Waals surface area contributed by atoms with Gasteiger partial charge in [-0.1, -0.05) is 6.42 Å². The summed E-state index contributed by atoms with van der Waals surface area (Å²) >= 11 is 0. The molecular formula is C18H32O6P+. The minimum absolute atomic E-state index is 0.276. The zero-order valence-electron chi connectivity index (χ0n) is 15.8. The molecule has 0 aromatic carbocycles. The van der Waals surface area contributed by atoms with E-state index in [2.05, 4.69) is 0 Å². The fraction of sp³-hybridized carbons (Fsp3) is 0.833. The van der Waals surface area contributed by atoms with Crippen LogP contribution >= 0.6 is 7.26 Å². The van der Waals surface area contributed by atoms with E-state index in [4.69, 9.17) is 14.2 Å². The highest BCUT2D eigenvalue weighted by Crippen LogP contribution is 2.65. The molecule has 1 saturated carbocycles. The molecule has 1 aliphatic carbocycles. The first-order chi connectivity index (χ1) is 11.9. The summed E-state index contributed by atoms with van der Waals surface area (Å²) in [5.41, 5.74) is 0.572. The summed E-state index contributed by atoms with van der Waals surface area (Å²) in [7, 11) is -1.57. The molecule has 0 aromatic rings. The lowest BCUT2D eigenvalue weighted by Gasteiger charge is -2.36. The van der Waals surface area contributed by atoms with E-state index in [9.17, 15) is 14.4 Å². The third kappa shape index (κ3) is 8.66. The van der Waals surface area contributed by atoms with Gasteiger partial charge < -0.3 is 14.2 Å². The number of ether oxygens (including phenoxy) is 3. The fourth-order valence-corrected chi connectivity index (χ4v) is 8.22. The van der Waals surface area contributed by atoms with Crippen molar-refractivity contribution in [2.24, 2.45) is 0 Å². The van der Waals surface area contributed by atoms with E-state index in [0.29, 0.717) is 25.5 Å². The molecule has 0 N–H and O–H groups in total. The second-order valence-corrected chi connectivity index (χ2v) is 11.2. The summed E-state index contributed by atoms with van der Waals surface area (Å²) < 4.78 is 15.6. The highest BCUT2D eigenvalue weighted by Gasteiger charge is 2.45. The van der Waals surface area contributed by atoms with Crippen LogP contribution in [0.2, 0.25) is 0 Å². The molecule has 0 spiro atoms. The molecule has 7 heteroatoms. The Morgan fingerprint density at radius 1 is 0.720 bits per heavy atom. The van der Waals surface area contributed by atoms with E-state index >= 15 is 0 Å². The molecule has 0 saturated heterocycles. The van der Waals surface area contributed by atoms with Crippen LogP contribution in [0, 0.1) is 0 Å². The molecule has 0 heterocycles. The van der Waals surface area contributed by atoms with Crippen LogP contribution in [0.1, 0.15) is 52.9 Å². The Labute approximate surface area is 151 Å². The smallest absolute Gasteiger partial charge is 0.302 e. The number of hydrogen-bond acceptors (Lipinski definition) is 6. The van der Waals surface area contributed by atoms with Crippen LogP contribution in [0.4, 0.5) is 0 Å². The van der Waals surface area contributed by atoms with Crippen LogP contribution in [0.15, 0.2) is 0 Å². The minimum Gasteiger partial charge on any atom is -0.462 e. The molecule has 0 unspecified atom stereocenters. The van der Waals surface area contributed by atoms with Gasteiger partial charge >= 0.3 is 17.9 Å². The van der Waals surface area contributed by atoms with Crippen molar-refractivity contribution in [1.82, 2.24) is 0 Å². The summed E-state index contributed by atoms with van der Waals surface area (Å²) in [5, 5.41) is 0. The largest absolute Gasteiger partial charge is 0.462 e. The van der Waals surface area contributed by atoms with Gasteiger partial charge in [-0.15, -0.1) is 0 Å². The van der Waals surface area contributed by atoms with Gasteiger partial charge in [0.1, 0.15) is 19.8 Å². The summed E-state index contributed by atoms with van der Waals surface area (Å²) in [6, 6.07) is 0. The summed E-state index contributed by atoms with van der Waals surface area (Å²) in [5.74, 6) is -0.829. The lowest BCUT2D eigenvalue weighted by Crippen LogP contribution is -2.30. The summed E-state index contributed by atoms with van der Waals surface area (Å²) in [6.45, 7) is 5.41. The molecule has 25 heavy (non-hydrogen) atoms. The molecule has 1 rings (SSSR count). The maximum Gasteiger partial charge on any atom is 0.302 e. The SMILES string of the molecule is CC(=O)OCC[P+](CCOC(C)=O)(CCOC(C)=O)C1CCCCC1. The standard InChI is InChI=1S/C18H32O6P/c1-15(19)22-9-12-25(13-10-23-16(2)20,14-11-24-17(3)21)18-7-5-4-6-8-18/h18H,4-14H2,1-3H3/q+1. The van der Waals surface area contributed by atoms with E-state index in [-0.39, 0.29) is 17.9 Å². The van der Waals surface area contributed by atoms with Gasteiger partial charge in [0.25, 0.3) is 0 Å². The summed E-state index contributed by atoms with van der Waals surface area (Å²) in [4.78, 5) is 33.5. The first-order valence-corrected chi connectivity index (χ1v) is 11.5. The van der Waals surface area contributed by atoms with Crippen molar-refractivity contribution < 1.29 is 28.6 Å². The number of hydrogen-bond donors (Lipinski definition) is 0. The van der Waals surface area contributed by atoms with Crippen LogP contribution in [0.25, 0.3) is 0 Å². The van der Waals surface area contributed by atoms with Gasteiger partial charge in [-0.3, -0.25) is 14.4 Å². The fourth-order valence-electron chi connectivity index (χ4n) is 3.63. The van der Waals surface area contributed by atoms with Crippen molar-refractivity contribution in [3.63, 3.8) is 0 Å². The molecule has 0 bridgehead atoms. The minimum atomic E-state index is -1.57. The normalized spacial score (nSPS) is 15.5. The second-order valence-electron chi connectivity index (χ2n) is 6.70. The molecule has 0 radical (unpaired) electrons. The number of rotatable bonds is 10. The van der Waals surface area contributed by atoms with Crippen molar-refractivity contribution in [1.29, 1.82) is 0 Å². The average Bonchev–Trinajstić information content (AvgIpc) is 2.54. The van der Waals surface area contributed by atoms with Gasteiger partial charge in [0, 0.05) is 28.0 Å². The van der Waals surface area contributed by atoms with Crippen molar-refractivity contribution in [2.45, 2.75) is 58.5 Å². The van der Waals surface area contributed by atoms with Crippen molar-refractivity contribution in [3.05, 3.63) is 0 Å². The zero-order valence-corrected chi connectivity index (χ0v) is 16.6. The molecule has 6 nitrogen and oxygen atoms in total. The van der Waals surface area contributed by atoms with E-state index in [0.717, 1.165) is 31.3 Å². The predicted molar refractivity (Wildman–Crippen MR) is 98.3 cm³/mol. The van der Waals surface area contributed by atoms with Gasteiger partial charge in [-0.05, 0) is 25.7 Å². The van der Waals surface area contributed by atoms with Gasteiger partial charge in [0.15, 0.2) is 0 Å². The topological polar surface area (TPSA) is 78.9 Å². The second kappa shape index (κ2) is 11.5. The Balaban J connectivity index is 2.84. The van der Waals surface area contributed by atoms with Gasteiger partial charge in [0.05, 0.1) is 24.1 Å². The molecule has 144 valence electrons. The van der Waals surface area contributed by atoms with E-state index in [1.54, 1.807) is 0 Å². The molecule has 0 aliphatic heterocycles. The van der Waals surface area contributed by atoms with E-state index in [1.165, 1.54) is 40.0 Å². The van der Waals surface area contributed by atoms with Gasteiger partial charge in [0.2, 0.25) is 0 Å². The molecule has 0 atom stereocenters. The average molecular weight is 375 g/mol. The lowest BCUT2D eigenvalue weighted by molar-refractivity contribution is -0.141. The van der Waals surface area contributed by atoms with Crippen LogP contribution in [-0.2, 0) is 28.6 Å². The third-order valence-corrected chi connectivity index (χ3v) is 10.2. The molecule has 1 fully saturated rings.